The van der Waals surface area contributed by atoms with E-state index in [-0.39, 0.29) is 24.0 Å². The predicted molar refractivity (Wildman–Crippen MR) is 139 cm³/mol. The molecule has 3 heterocycles. The summed E-state index contributed by atoms with van der Waals surface area (Å²) in [6.45, 7) is 14.1. The summed E-state index contributed by atoms with van der Waals surface area (Å²) in [6.07, 6.45) is 10.3. The largest absolute Gasteiger partial charge is 0.357 e. The van der Waals surface area contributed by atoms with Gasteiger partial charge in [-0.2, -0.15) is 0 Å². The zero-order valence-electron chi connectivity index (χ0n) is 19.7. The highest BCUT2D eigenvalue weighted by atomic mass is 127. The number of unbranched alkanes of at least 4 members (excludes halogenated alkanes) is 2. The number of carbonyl (C=O) groups is 1. The van der Waals surface area contributed by atoms with Gasteiger partial charge < -0.3 is 20.0 Å². The molecule has 0 aromatic heterocycles. The fourth-order valence-electron chi connectivity index (χ4n) is 4.79. The van der Waals surface area contributed by atoms with Crippen LogP contribution in [0.4, 0.5) is 0 Å². The fraction of sp³-hybridized carbons (Fsp3) is 0.913. The number of guanidine groups is 1. The maximum absolute atomic E-state index is 12.4. The number of halogens is 1. The molecule has 7 nitrogen and oxygen atoms in total. The number of hydrogen-bond donors (Lipinski definition) is 1. The summed E-state index contributed by atoms with van der Waals surface area (Å²) >= 11 is 0. The summed E-state index contributed by atoms with van der Waals surface area (Å²) in [4.78, 5) is 26.6. The second-order valence-corrected chi connectivity index (χ2v) is 9.05. The molecule has 3 fully saturated rings. The zero-order valence-corrected chi connectivity index (χ0v) is 22.0. The molecule has 0 saturated carbocycles. The smallest absolute Gasteiger partial charge is 0.236 e. The van der Waals surface area contributed by atoms with E-state index in [1.165, 1.54) is 71.0 Å². The van der Waals surface area contributed by atoms with Gasteiger partial charge >= 0.3 is 0 Å². The summed E-state index contributed by atoms with van der Waals surface area (Å²) in [6, 6.07) is 0. The van der Waals surface area contributed by atoms with E-state index in [4.69, 9.17) is 4.99 Å². The lowest BCUT2D eigenvalue weighted by atomic mass is 10.1. The lowest BCUT2D eigenvalue weighted by molar-refractivity contribution is -0.131. The molecule has 0 aromatic rings. The number of rotatable bonds is 9. The van der Waals surface area contributed by atoms with E-state index in [0.29, 0.717) is 12.5 Å². The van der Waals surface area contributed by atoms with Crippen molar-refractivity contribution in [3.05, 3.63) is 0 Å². The van der Waals surface area contributed by atoms with Gasteiger partial charge in [0.05, 0.1) is 6.54 Å². The van der Waals surface area contributed by atoms with E-state index in [1.54, 1.807) is 0 Å². The molecule has 0 atom stereocenters. The summed E-state index contributed by atoms with van der Waals surface area (Å²) < 4.78 is 0. The van der Waals surface area contributed by atoms with E-state index in [0.717, 1.165) is 58.3 Å². The lowest BCUT2D eigenvalue weighted by Gasteiger charge is -2.36. The third-order valence-corrected chi connectivity index (χ3v) is 6.67. The van der Waals surface area contributed by atoms with Crippen LogP contribution in [0, 0.1) is 0 Å². The zero-order chi connectivity index (χ0) is 21.0. The Hall–Kier alpha value is -0.610. The van der Waals surface area contributed by atoms with Gasteiger partial charge in [0.2, 0.25) is 5.91 Å². The molecule has 3 aliphatic rings. The monoisotopic (exact) mass is 548 g/mol. The highest BCUT2D eigenvalue weighted by molar-refractivity contribution is 14.0. The molecular weight excluding hydrogens is 503 g/mol. The van der Waals surface area contributed by atoms with Gasteiger partial charge in [0.1, 0.15) is 0 Å². The van der Waals surface area contributed by atoms with Crippen molar-refractivity contribution in [1.82, 2.24) is 24.9 Å². The average Bonchev–Trinajstić information content (AvgIpc) is 3.32. The SMILES string of the molecule is CCNC(=NCCCCCN1CCCCC1)N1CCN(CC(=O)N2CCCC2)CC1.I. The first-order chi connectivity index (χ1) is 14.8. The van der Waals surface area contributed by atoms with Crippen molar-refractivity contribution in [2.75, 3.05) is 78.5 Å². The van der Waals surface area contributed by atoms with E-state index in [1.807, 2.05) is 4.90 Å². The van der Waals surface area contributed by atoms with Gasteiger partial charge in [-0.15, -0.1) is 24.0 Å². The van der Waals surface area contributed by atoms with Crippen LogP contribution in [-0.2, 0) is 4.79 Å². The number of carbonyl (C=O) groups excluding carboxylic acids is 1. The van der Waals surface area contributed by atoms with Crippen LogP contribution in [-0.4, -0.2) is 110 Å². The second-order valence-electron chi connectivity index (χ2n) is 9.05. The first-order valence-corrected chi connectivity index (χ1v) is 12.5. The quantitative estimate of drug-likeness (QED) is 0.208. The van der Waals surface area contributed by atoms with Crippen LogP contribution >= 0.6 is 24.0 Å². The number of amides is 1. The number of piperazine rings is 1. The Morgan fingerprint density at radius 3 is 2.13 bits per heavy atom. The predicted octanol–water partition coefficient (Wildman–Crippen LogP) is 2.47. The molecule has 0 aliphatic carbocycles. The molecular formula is C23H45IN6O. The van der Waals surface area contributed by atoms with E-state index < -0.39 is 0 Å². The lowest BCUT2D eigenvalue weighted by Crippen LogP contribution is -2.54. The van der Waals surface area contributed by atoms with Crippen LogP contribution in [0.1, 0.15) is 58.3 Å². The second kappa shape index (κ2) is 15.3. The van der Waals surface area contributed by atoms with Crippen LogP contribution in [0.2, 0.25) is 0 Å². The maximum Gasteiger partial charge on any atom is 0.236 e. The first kappa shape index (κ1) is 26.6. The molecule has 31 heavy (non-hydrogen) atoms. The molecule has 0 spiro atoms. The summed E-state index contributed by atoms with van der Waals surface area (Å²) in [5.74, 6) is 1.37. The summed E-state index contributed by atoms with van der Waals surface area (Å²) in [7, 11) is 0. The van der Waals surface area contributed by atoms with E-state index in [9.17, 15) is 4.79 Å². The summed E-state index contributed by atoms with van der Waals surface area (Å²) in [5.41, 5.74) is 0. The molecule has 1 N–H and O–H groups in total. The summed E-state index contributed by atoms with van der Waals surface area (Å²) in [5, 5.41) is 3.47. The van der Waals surface area contributed by atoms with Crippen molar-refractivity contribution < 1.29 is 4.79 Å². The van der Waals surface area contributed by atoms with Gasteiger partial charge in [0, 0.05) is 52.4 Å². The normalized spacial score (nSPS) is 21.3. The molecule has 3 rings (SSSR count). The Morgan fingerprint density at radius 1 is 0.774 bits per heavy atom. The minimum Gasteiger partial charge on any atom is -0.357 e. The molecule has 8 heteroatoms. The van der Waals surface area contributed by atoms with Crippen molar-refractivity contribution >= 4 is 35.8 Å². The van der Waals surface area contributed by atoms with Crippen molar-refractivity contribution in [1.29, 1.82) is 0 Å². The molecule has 3 saturated heterocycles. The minimum atomic E-state index is 0. The Kier molecular flexibility index (Phi) is 13.1. The van der Waals surface area contributed by atoms with Crippen LogP contribution in [0.3, 0.4) is 0 Å². The number of aliphatic imine (C=N–C) groups is 1. The Labute approximate surface area is 207 Å². The average molecular weight is 549 g/mol. The molecule has 0 unspecified atom stereocenters. The first-order valence-electron chi connectivity index (χ1n) is 12.5. The fourth-order valence-corrected chi connectivity index (χ4v) is 4.79. The highest BCUT2D eigenvalue weighted by Gasteiger charge is 2.24. The van der Waals surface area contributed by atoms with E-state index >= 15 is 0 Å². The third-order valence-electron chi connectivity index (χ3n) is 6.67. The number of hydrogen-bond acceptors (Lipinski definition) is 4. The molecule has 1 amide bonds. The standard InChI is InChI=1S/C23H44N6O.HI/c1-2-24-23(25-11-5-3-6-12-26-13-7-4-8-14-26)29-19-17-27(18-20-29)21-22(30)28-15-9-10-16-28;/h2-21H2,1H3,(H,24,25);1H. The number of nitrogens with zero attached hydrogens (tertiary/aromatic N) is 5. The van der Waals surface area contributed by atoms with Crippen molar-refractivity contribution in [3.8, 4) is 0 Å². The molecule has 0 aromatic carbocycles. The molecule has 180 valence electrons. The Morgan fingerprint density at radius 2 is 1.45 bits per heavy atom. The minimum absolute atomic E-state index is 0. The van der Waals surface area contributed by atoms with Crippen molar-refractivity contribution in [3.63, 3.8) is 0 Å². The van der Waals surface area contributed by atoms with Gasteiger partial charge in [-0.05, 0) is 65.1 Å². The number of nitrogens with one attached hydrogen (secondary N) is 1. The molecule has 0 radical (unpaired) electrons. The van der Waals surface area contributed by atoms with Gasteiger partial charge in [-0.1, -0.05) is 12.8 Å². The van der Waals surface area contributed by atoms with Crippen LogP contribution in [0.15, 0.2) is 4.99 Å². The van der Waals surface area contributed by atoms with Crippen molar-refractivity contribution in [2.45, 2.75) is 58.3 Å². The van der Waals surface area contributed by atoms with Crippen LogP contribution in [0.5, 0.6) is 0 Å². The molecule has 3 aliphatic heterocycles. The van der Waals surface area contributed by atoms with Crippen LogP contribution in [0.25, 0.3) is 0 Å². The Balaban J connectivity index is 0.00000341. The Bertz CT molecular complexity index is 526. The van der Waals surface area contributed by atoms with Crippen molar-refractivity contribution in [2.24, 2.45) is 4.99 Å². The topological polar surface area (TPSA) is 54.4 Å². The van der Waals surface area contributed by atoms with Gasteiger partial charge in [0.15, 0.2) is 5.96 Å². The third kappa shape index (κ3) is 9.42. The van der Waals surface area contributed by atoms with Gasteiger partial charge in [0.25, 0.3) is 0 Å². The van der Waals surface area contributed by atoms with E-state index in [2.05, 4.69) is 26.9 Å². The highest BCUT2D eigenvalue weighted by Crippen LogP contribution is 2.11. The number of piperidine rings is 1. The van der Waals surface area contributed by atoms with Gasteiger partial charge in [-0.25, -0.2) is 0 Å². The van der Waals surface area contributed by atoms with Gasteiger partial charge in [-0.3, -0.25) is 14.7 Å². The molecule has 0 bridgehead atoms. The van der Waals surface area contributed by atoms with Crippen LogP contribution < -0.4 is 5.32 Å². The number of likely N-dealkylation sites (tertiary alicyclic amines) is 2. The maximum atomic E-state index is 12.4.